The Morgan fingerprint density at radius 1 is 1.12 bits per heavy atom. The lowest BCUT2D eigenvalue weighted by atomic mass is 9.76. The van der Waals surface area contributed by atoms with Crippen LogP contribution in [0, 0.1) is 11.8 Å². The zero-order valence-electron chi connectivity index (χ0n) is 17.2. The molecule has 4 atom stereocenters. The molecule has 0 unspecified atom stereocenters. The van der Waals surface area contributed by atoms with Crippen molar-refractivity contribution in [3.63, 3.8) is 0 Å². The number of hydrogen-bond donors (Lipinski definition) is 0. The Morgan fingerprint density at radius 2 is 1.78 bits per heavy atom. The lowest BCUT2D eigenvalue weighted by Crippen LogP contribution is -2.52. The predicted octanol–water partition coefficient (Wildman–Crippen LogP) is 1.39. The summed E-state index contributed by atoms with van der Waals surface area (Å²) in [6, 6.07) is 4.07. The summed E-state index contributed by atoms with van der Waals surface area (Å²) < 4.78 is 20.9. The number of anilines is 1. The van der Waals surface area contributed by atoms with Gasteiger partial charge in [0.15, 0.2) is 5.60 Å². The molecule has 2 amide bonds. The molecule has 2 bridgehead atoms. The van der Waals surface area contributed by atoms with Gasteiger partial charge in [-0.05, 0) is 24.3 Å². The van der Waals surface area contributed by atoms with Crippen LogP contribution in [0.1, 0.15) is 24.2 Å². The lowest BCUT2D eigenvalue weighted by molar-refractivity contribution is -0.226. The van der Waals surface area contributed by atoms with Crippen molar-refractivity contribution in [2.75, 3.05) is 12.0 Å². The molecule has 0 N–H and O–H groups in total. The summed E-state index contributed by atoms with van der Waals surface area (Å²) in [6.45, 7) is 2.23. The second kappa shape index (κ2) is 7.72. The van der Waals surface area contributed by atoms with Crippen LogP contribution in [0.5, 0.6) is 0 Å². The highest BCUT2D eigenvalue weighted by Gasteiger charge is 2.72. The van der Waals surface area contributed by atoms with E-state index < -0.39 is 59.6 Å². The standard InChI is InChI=1S/C21H18ClNO9/c1-9(24)30-20(31-10(2)25)21-7-6-14(32-21)15-16(21)18(27)23(17(15)26)11-4-5-13(22)12(8-11)19(28)29-3/h4-8,14-16,20H,1-3H3/t14-,15+,16+,21-/m0/s1. The van der Waals surface area contributed by atoms with Crippen LogP contribution in [-0.4, -0.2) is 54.8 Å². The lowest BCUT2D eigenvalue weighted by Gasteiger charge is -2.34. The van der Waals surface area contributed by atoms with Crippen LogP contribution in [0.15, 0.2) is 30.4 Å². The summed E-state index contributed by atoms with van der Waals surface area (Å²) >= 11 is 6.05. The molecule has 0 saturated carbocycles. The van der Waals surface area contributed by atoms with E-state index in [2.05, 4.69) is 4.74 Å². The second-order valence-electron chi connectivity index (χ2n) is 7.52. The maximum Gasteiger partial charge on any atom is 0.339 e. The van der Waals surface area contributed by atoms with Gasteiger partial charge in [0.2, 0.25) is 11.8 Å². The number of carbonyl (C=O) groups excluding carboxylic acids is 5. The highest BCUT2D eigenvalue weighted by atomic mass is 35.5. The summed E-state index contributed by atoms with van der Waals surface area (Å²) in [7, 11) is 1.18. The molecule has 0 radical (unpaired) electrons. The van der Waals surface area contributed by atoms with E-state index in [0.717, 1.165) is 18.7 Å². The van der Waals surface area contributed by atoms with Crippen LogP contribution < -0.4 is 4.90 Å². The minimum atomic E-state index is -1.66. The molecular formula is C21H18ClNO9. The number of hydrogen-bond acceptors (Lipinski definition) is 9. The van der Waals surface area contributed by atoms with Crippen molar-refractivity contribution in [1.29, 1.82) is 0 Å². The number of halogens is 1. The quantitative estimate of drug-likeness (QED) is 0.275. The summed E-state index contributed by atoms with van der Waals surface area (Å²) in [5, 5.41) is 0.0891. The third-order valence-electron chi connectivity index (χ3n) is 5.61. The van der Waals surface area contributed by atoms with E-state index >= 15 is 0 Å². The number of carbonyl (C=O) groups is 5. The molecule has 3 aliphatic rings. The van der Waals surface area contributed by atoms with Crippen molar-refractivity contribution in [3.8, 4) is 0 Å². The maximum atomic E-state index is 13.5. The van der Waals surface area contributed by atoms with Gasteiger partial charge in [-0.15, -0.1) is 0 Å². The number of nitrogens with zero attached hydrogens (tertiary/aromatic N) is 1. The summed E-state index contributed by atoms with van der Waals surface area (Å²) in [5.41, 5.74) is -1.56. The first-order valence-electron chi connectivity index (χ1n) is 9.58. The molecule has 3 heterocycles. The zero-order valence-corrected chi connectivity index (χ0v) is 18.0. The number of ether oxygens (including phenoxy) is 4. The molecule has 4 rings (SSSR count). The molecule has 11 heteroatoms. The van der Waals surface area contributed by atoms with Crippen molar-refractivity contribution >= 4 is 47.0 Å². The van der Waals surface area contributed by atoms with Crippen molar-refractivity contribution in [2.45, 2.75) is 31.8 Å². The monoisotopic (exact) mass is 463 g/mol. The molecule has 1 aromatic rings. The van der Waals surface area contributed by atoms with E-state index in [4.69, 9.17) is 25.8 Å². The van der Waals surface area contributed by atoms with Crippen LogP contribution in [-0.2, 0) is 38.1 Å². The van der Waals surface area contributed by atoms with Gasteiger partial charge in [0, 0.05) is 13.8 Å². The molecule has 10 nitrogen and oxygen atoms in total. The number of benzene rings is 1. The molecule has 2 fully saturated rings. The molecule has 2 saturated heterocycles. The Balaban J connectivity index is 1.75. The van der Waals surface area contributed by atoms with Gasteiger partial charge >= 0.3 is 17.9 Å². The largest absolute Gasteiger partial charge is 0.465 e. The summed E-state index contributed by atoms with van der Waals surface area (Å²) in [6.07, 6.45) is 0.687. The second-order valence-corrected chi connectivity index (χ2v) is 7.92. The number of amides is 2. The summed E-state index contributed by atoms with van der Waals surface area (Å²) in [4.78, 5) is 62.9. The molecule has 0 aliphatic carbocycles. The fourth-order valence-corrected chi connectivity index (χ4v) is 4.58. The van der Waals surface area contributed by atoms with E-state index in [9.17, 15) is 24.0 Å². The van der Waals surface area contributed by atoms with E-state index in [1.165, 1.54) is 31.4 Å². The Hall–Kier alpha value is -3.24. The Bertz CT molecular complexity index is 1070. The first kappa shape index (κ1) is 22.0. The van der Waals surface area contributed by atoms with Gasteiger partial charge in [-0.1, -0.05) is 17.7 Å². The third kappa shape index (κ3) is 3.18. The molecule has 0 spiro atoms. The van der Waals surface area contributed by atoms with Crippen LogP contribution in [0.2, 0.25) is 5.02 Å². The predicted molar refractivity (Wildman–Crippen MR) is 106 cm³/mol. The molecule has 0 aromatic heterocycles. The van der Waals surface area contributed by atoms with E-state index in [1.807, 2.05) is 0 Å². The minimum Gasteiger partial charge on any atom is -0.465 e. The third-order valence-corrected chi connectivity index (χ3v) is 5.94. The number of fused-ring (bicyclic) bond motifs is 5. The van der Waals surface area contributed by atoms with Crippen LogP contribution in [0.4, 0.5) is 5.69 Å². The van der Waals surface area contributed by atoms with Crippen LogP contribution in [0.3, 0.4) is 0 Å². The number of imide groups is 1. The van der Waals surface area contributed by atoms with Gasteiger partial charge in [0.05, 0.1) is 41.3 Å². The fourth-order valence-electron chi connectivity index (χ4n) is 4.39. The van der Waals surface area contributed by atoms with E-state index in [1.54, 1.807) is 6.08 Å². The molecule has 3 aliphatic heterocycles. The molecule has 32 heavy (non-hydrogen) atoms. The van der Waals surface area contributed by atoms with Gasteiger partial charge in [0.1, 0.15) is 0 Å². The number of methoxy groups -OCH3 is 1. The molecule has 1 aromatic carbocycles. The highest BCUT2D eigenvalue weighted by molar-refractivity contribution is 6.34. The smallest absolute Gasteiger partial charge is 0.339 e. The molecular weight excluding hydrogens is 446 g/mol. The zero-order chi connectivity index (χ0) is 23.4. The Kier molecular flexibility index (Phi) is 5.30. The topological polar surface area (TPSA) is 126 Å². The first-order valence-corrected chi connectivity index (χ1v) is 9.95. The molecule has 168 valence electrons. The Labute approximate surface area is 187 Å². The van der Waals surface area contributed by atoms with Gasteiger partial charge in [0.25, 0.3) is 6.29 Å². The normalized spacial score (nSPS) is 27.7. The van der Waals surface area contributed by atoms with Gasteiger partial charge in [-0.25, -0.2) is 9.69 Å². The van der Waals surface area contributed by atoms with Gasteiger partial charge < -0.3 is 18.9 Å². The highest BCUT2D eigenvalue weighted by Crippen LogP contribution is 2.54. The van der Waals surface area contributed by atoms with Crippen molar-refractivity contribution < 1.29 is 42.9 Å². The fraction of sp³-hybridized carbons (Fsp3) is 0.381. The number of rotatable bonds is 5. The van der Waals surface area contributed by atoms with E-state index in [-0.39, 0.29) is 16.3 Å². The van der Waals surface area contributed by atoms with Crippen LogP contribution in [0.25, 0.3) is 0 Å². The van der Waals surface area contributed by atoms with Crippen molar-refractivity contribution in [1.82, 2.24) is 0 Å². The van der Waals surface area contributed by atoms with Crippen molar-refractivity contribution in [3.05, 3.63) is 40.9 Å². The maximum absolute atomic E-state index is 13.5. The minimum absolute atomic E-state index is 0.0194. The number of esters is 3. The first-order chi connectivity index (χ1) is 15.1. The summed E-state index contributed by atoms with van der Waals surface area (Å²) in [5.74, 6) is -5.54. The van der Waals surface area contributed by atoms with Crippen molar-refractivity contribution in [2.24, 2.45) is 11.8 Å². The van der Waals surface area contributed by atoms with Gasteiger partial charge in [-0.2, -0.15) is 0 Å². The van der Waals surface area contributed by atoms with Gasteiger partial charge in [-0.3, -0.25) is 19.2 Å². The van der Waals surface area contributed by atoms with E-state index in [0.29, 0.717) is 0 Å². The SMILES string of the molecule is COC(=O)c1cc(N2C(=O)[C@@H]3[C@@H]4C=C[C@](C(OC(C)=O)OC(C)=O)(O4)[C@H]3C2=O)ccc1Cl. The average molecular weight is 464 g/mol. The Morgan fingerprint density at radius 3 is 2.38 bits per heavy atom. The van der Waals surface area contributed by atoms with Crippen LogP contribution >= 0.6 is 11.6 Å². The average Bonchev–Trinajstić information content (AvgIpc) is 3.38.